The number of hydrogen-bond acceptors (Lipinski definition) is 2. The van der Waals surface area contributed by atoms with E-state index in [-0.39, 0.29) is 6.61 Å². The Hall–Kier alpha value is -1.67. The van der Waals surface area contributed by atoms with Gasteiger partial charge in [0, 0.05) is 0 Å². The Balaban J connectivity index is 0.000000409. The summed E-state index contributed by atoms with van der Waals surface area (Å²) in [5.74, 6) is 2.11. The lowest BCUT2D eigenvalue weighted by atomic mass is 9.81. The van der Waals surface area contributed by atoms with Crippen molar-refractivity contribution < 1.29 is 9.90 Å². The fourth-order valence-corrected chi connectivity index (χ4v) is 3.36. The molecule has 0 amide bonds. The topological polar surface area (TPSA) is 37.3 Å². The van der Waals surface area contributed by atoms with Crippen molar-refractivity contribution in [2.24, 2.45) is 11.8 Å². The first kappa shape index (κ1) is 24.3. The molecule has 0 saturated heterocycles. The summed E-state index contributed by atoms with van der Waals surface area (Å²) in [6, 6.07) is 14.1. The Morgan fingerprint density at radius 2 is 1.54 bits per heavy atom. The Labute approximate surface area is 160 Å². The van der Waals surface area contributed by atoms with Gasteiger partial charge in [-0.1, -0.05) is 103 Å². The van der Waals surface area contributed by atoms with Gasteiger partial charge in [-0.25, -0.2) is 0 Å². The van der Waals surface area contributed by atoms with Crippen LogP contribution >= 0.6 is 0 Å². The molecule has 1 N–H and O–H groups in total. The maximum absolute atomic E-state index is 8.90. The van der Waals surface area contributed by atoms with Crippen LogP contribution in [0.4, 0.5) is 0 Å². The summed E-state index contributed by atoms with van der Waals surface area (Å²) in [6.07, 6.45) is 8.87. The largest absolute Gasteiger partial charge is 0.392 e. The van der Waals surface area contributed by atoms with Crippen LogP contribution in [0.1, 0.15) is 71.8 Å². The first-order valence-electron chi connectivity index (χ1n) is 10.1. The standard InChI is InChI=1S/C11H10O.C10H20.C2H6.CH2O/c12-8-9-5-6-10-3-1-2-4-11(10)7-9;1-3-4-10-7-5-9(2)6-8-10;2*1-2/h1-7,12H,8H2;9-10H,3-8H2,1-2H3;1-2H3;1H2. The molecule has 1 aliphatic rings. The van der Waals surface area contributed by atoms with Gasteiger partial charge >= 0.3 is 0 Å². The number of carbonyl (C=O) groups excluding carboxylic acids is 1. The summed E-state index contributed by atoms with van der Waals surface area (Å²) in [5, 5.41) is 11.3. The van der Waals surface area contributed by atoms with Crippen molar-refractivity contribution in [2.75, 3.05) is 0 Å². The Morgan fingerprint density at radius 1 is 0.962 bits per heavy atom. The number of benzene rings is 2. The molecule has 2 aromatic rings. The van der Waals surface area contributed by atoms with Gasteiger partial charge in [-0.2, -0.15) is 0 Å². The number of fused-ring (bicyclic) bond motifs is 1. The number of carbonyl (C=O) groups is 1. The van der Waals surface area contributed by atoms with Crippen molar-refractivity contribution in [3.8, 4) is 0 Å². The molecule has 2 heteroatoms. The average Bonchev–Trinajstić information content (AvgIpc) is 2.73. The summed E-state index contributed by atoms with van der Waals surface area (Å²) in [7, 11) is 0. The predicted octanol–water partition coefficient (Wildman–Crippen LogP) is 6.79. The number of hydrogen-bond donors (Lipinski definition) is 1. The maximum atomic E-state index is 8.90. The van der Waals surface area contributed by atoms with Crippen molar-refractivity contribution >= 4 is 17.6 Å². The van der Waals surface area contributed by atoms with Gasteiger partial charge in [0.05, 0.1) is 6.61 Å². The molecule has 0 aromatic heterocycles. The van der Waals surface area contributed by atoms with Crippen LogP contribution in [0.3, 0.4) is 0 Å². The molecule has 0 spiro atoms. The fourth-order valence-electron chi connectivity index (χ4n) is 3.36. The monoisotopic (exact) mass is 358 g/mol. The van der Waals surface area contributed by atoms with Crippen molar-refractivity contribution in [1.29, 1.82) is 0 Å². The third-order valence-electron chi connectivity index (χ3n) is 4.83. The van der Waals surface area contributed by atoms with Crippen LogP contribution in [0.5, 0.6) is 0 Å². The van der Waals surface area contributed by atoms with Gasteiger partial charge in [0.2, 0.25) is 0 Å². The normalized spacial score (nSPS) is 18.3. The molecule has 0 unspecified atom stereocenters. The van der Waals surface area contributed by atoms with Crippen LogP contribution in [-0.2, 0) is 11.4 Å². The lowest BCUT2D eigenvalue weighted by Gasteiger charge is -2.25. The number of rotatable bonds is 3. The highest BCUT2D eigenvalue weighted by Gasteiger charge is 2.16. The second kappa shape index (κ2) is 15.6. The molecule has 1 aliphatic carbocycles. The molecule has 0 atom stereocenters. The summed E-state index contributed by atoms with van der Waals surface area (Å²) in [5.41, 5.74) is 0.966. The third-order valence-corrected chi connectivity index (χ3v) is 4.83. The van der Waals surface area contributed by atoms with Crippen LogP contribution in [0.25, 0.3) is 10.8 Å². The summed E-state index contributed by atoms with van der Waals surface area (Å²) in [4.78, 5) is 8.00. The second-order valence-corrected chi connectivity index (χ2v) is 6.75. The van der Waals surface area contributed by atoms with Crippen LogP contribution in [0, 0.1) is 11.8 Å². The fraction of sp³-hybridized carbons (Fsp3) is 0.542. The maximum Gasteiger partial charge on any atom is 0.106 e. The second-order valence-electron chi connectivity index (χ2n) is 6.75. The van der Waals surface area contributed by atoms with Crippen molar-refractivity contribution in [3.05, 3.63) is 48.0 Å². The molecule has 0 radical (unpaired) electrons. The van der Waals surface area contributed by atoms with E-state index >= 15 is 0 Å². The zero-order valence-electron chi connectivity index (χ0n) is 17.2. The summed E-state index contributed by atoms with van der Waals surface area (Å²) >= 11 is 0. The summed E-state index contributed by atoms with van der Waals surface area (Å²) in [6.45, 7) is 10.8. The average molecular weight is 359 g/mol. The Bertz CT molecular complexity index is 571. The van der Waals surface area contributed by atoms with E-state index in [1.165, 1.54) is 49.3 Å². The predicted molar refractivity (Wildman–Crippen MR) is 114 cm³/mol. The zero-order chi connectivity index (χ0) is 19.8. The van der Waals surface area contributed by atoms with Gasteiger partial charge in [-0.3, -0.25) is 0 Å². The van der Waals surface area contributed by atoms with Crippen LogP contribution in [-0.4, -0.2) is 11.9 Å². The first-order valence-corrected chi connectivity index (χ1v) is 10.1. The van der Waals surface area contributed by atoms with E-state index in [1.807, 2.05) is 51.0 Å². The van der Waals surface area contributed by atoms with Crippen LogP contribution < -0.4 is 0 Å². The smallest absolute Gasteiger partial charge is 0.106 e. The minimum atomic E-state index is 0.116. The Kier molecular flexibility index (Phi) is 14.6. The Morgan fingerprint density at radius 3 is 2.08 bits per heavy atom. The van der Waals surface area contributed by atoms with Crippen LogP contribution in [0.15, 0.2) is 42.5 Å². The first-order chi connectivity index (χ1) is 12.7. The molecule has 3 rings (SSSR count). The van der Waals surface area contributed by atoms with Gasteiger partial charge in [-0.05, 0) is 34.2 Å². The van der Waals surface area contributed by atoms with Gasteiger partial charge in [0.25, 0.3) is 0 Å². The molecule has 1 saturated carbocycles. The van der Waals surface area contributed by atoms with Crippen LogP contribution in [0.2, 0.25) is 0 Å². The number of aliphatic hydroxyl groups excluding tert-OH is 1. The molecular formula is C24H38O2. The van der Waals surface area contributed by atoms with E-state index in [1.54, 1.807) is 0 Å². The highest BCUT2D eigenvalue weighted by molar-refractivity contribution is 5.82. The van der Waals surface area contributed by atoms with Crippen molar-refractivity contribution in [3.63, 3.8) is 0 Å². The number of aliphatic hydroxyl groups is 1. The van der Waals surface area contributed by atoms with Gasteiger partial charge in [0.1, 0.15) is 6.79 Å². The third kappa shape index (κ3) is 9.15. The molecule has 0 bridgehead atoms. The van der Waals surface area contributed by atoms with Crippen molar-refractivity contribution in [1.82, 2.24) is 0 Å². The van der Waals surface area contributed by atoms with Crippen molar-refractivity contribution in [2.45, 2.75) is 72.8 Å². The molecule has 0 heterocycles. The highest BCUT2D eigenvalue weighted by atomic mass is 16.3. The molecule has 2 aromatic carbocycles. The SMILES string of the molecule is C=O.CC.CCCC1CCC(C)CC1.OCc1ccc2ccccc2c1. The molecule has 1 fully saturated rings. The molecular weight excluding hydrogens is 320 g/mol. The molecule has 0 aliphatic heterocycles. The van der Waals surface area contributed by atoms with Gasteiger partial charge in [-0.15, -0.1) is 0 Å². The van der Waals surface area contributed by atoms with Gasteiger partial charge in [0.15, 0.2) is 0 Å². The molecule has 146 valence electrons. The quantitative estimate of drug-likeness (QED) is 0.656. The van der Waals surface area contributed by atoms with E-state index < -0.39 is 0 Å². The highest BCUT2D eigenvalue weighted by Crippen LogP contribution is 2.30. The molecule has 2 nitrogen and oxygen atoms in total. The lowest BCUT2D eigenvalue weighted by Crippen LogP contribution is -2.11. The zero-order valence-corrected chi connectivity index (χ0v) is 17.2. The molecule has 26 heavy (non-hydrogen) atoms. The minimum Gasteiger partial charge on any atom is -0.392 e. The van der Waals surface area contributed by atoms with E-state index in [4.69, 9.17) is 9.90 Å². The lowest BCUT2D eigenvalue weighted by molar-refractivity contribution is -0.0979. The van der Waals surface area contributed by atoms with E-state index in [0.29, 0.717) is 0 Å². The summed E-state index contributed by atoms with van der Waals surface area (Å²) < 4.78 is 0. The van der Waals surface area contributed by atoms with E-state index in [9.17, 15) is 0 Å². The van der Waals surface area contributed by atoms with E-state index in [0.717, 1.165) is 17.4 Å². The van der Waals surface area contributed by atoms with E-state index in [2.05, 4.69) is 26.0 Å². The van der Waals surface area contributed by atoms with Gasteiger partial charge < -0.3 is 9.90 Å². The minimum absolute atomic E-state index is 0.116.